The van der Waals surface area contributed by atoms with E-state index in [4.69, 9.17) is 4.74 Å². The van der Waals surface area contributed by atoms with Gasteiger partial charge in [0.1, 0.15) is 0 Å². The van der Waals surface area contributed by atoms with Crippen LogP contribution in [0.5, 0.6) is 0 Å². The third kappa shape index (κ3) is 2.35. The molecule has 1 aliphatic rings. The van der Waals surface area contributed by atoms with Crippen LogP contribution < -0.4 is 0 Å². The van der Waals surface area contributed by atoms with Gasteiger partial charge in [0.25, 0.3) is 0 Å². The maximum atomic E-state index is 11.8. The van der Waals surface area contributed by atoms with Crippen LogP contribution in [0.4, 0.5) is 0 Å². The van der Waals surface area contributed by atoms with Crippen LogP contribution in [0.15, 0.2) is 52.5 Å². The molecule has 3 nitrogen and oxygen atoms in total. The first-order valence-electron chi connectivity index (χ1n) is 5.86. The van der Waals surface area contributed by atoms with Gasteiger partial charge < -0.3 is 4.74 Å². The van der Waals surface area contributed by atoms with E-state index in [0.29, 0.717) is 11.6 Å². The molecule has 0 saturated heterocycles. The van der Waals surface area contributed by atoms with E-state index in [2.05, 4.69) is 4.99 Å². The van der Waals surface area contributed by atoms with Crippen LogP contribution in [-0.2, 0) is 9.53 Å². The van der Waals surface area contributed by atoms with Crippen molar-refractivity contribution in [1.29, 1.82) is 0 Å². The Hall–Kier alpha value is -2.20. The van der Waals surface area contributed by atoms with Gasteiger partial charge in [-0.25, -0.2) is 9.79 Å². The fraction of sp³-hybridized carbons (Fsp3) is 0.0667. The highest BCUT2D eigenvalue weighted by molar-refractivity contribution is 7.10. The molecule has 0 spiro atoms. The van der Waals surface area contributed by atoms with Crippen molar-refractivity contribution < 1.29 is 9.53 Å². The van der Waals surface area contributed by atoms with Crippen molar-refractivity contribution in [3.05, 3.63) is 63.5 Å². The molecular formula is C15H11NO2S. The summed E-state index contributed by atoms with van der Waals surface area (Å²) >= 11 is 1.56. The number of ether oxygens (including phenoxy) is 1. The van der Waals surface area contributed by atoms with E-state index in [1.807, 2.05) is 48.7 Å². The number of carbonyl (C=O) groups is 1. The third-order valence-corrected chi connectivity index (χ3v) is 3.64. The highest BCUT2D eigenvalue weighted by Gasteiger charge is 2.24. The number of hydrogen-bond donors (Lipinski definition) is 0. The van der Waals surface area contributed by atoms with Crippen LogP contribution in [0.3, 0.4) is 0 Å². The Kier molecular flexibility index (Phi) is 3.01. The van der Waals surface area contributed by atoms with Gasteiger partial charge in [-0.15, -0.1) is 11.3 Å². The molecule has 0 fully saturated rings. The second-order valence-corrected chi connectivity index (χ2v) is 5.15. The third-order valence-electron chi connectivity index (χ3n) is 2.82. The minimum atomic E-state index is -0.397. The molecule has 1 aromatic heterocycles. The molecule has 0 aliphatic carbocycles. The molecule has 19 heavy (non-hydrogen) atoms. The van der Waals surface area contributed by atoms with E-state index in [0.717, 1.165) is 16.0 Å². The summed E-state index contributed by atoms with van der Waals surface area (Å²) in [5.41, 5.74) is 2.23. The van der Waals surface area contributed by atoms with Gasteiger partial charge in [0.15, 0.2) is 5.70 Å². The Labute approximate surface area is 114 Å². The number of carbonyl (C=O) groups excluding carboxylic acids is 1. The molecule has 0 unspecified atom stereocenters. The number of rotatable bonds is 2. The first-order valence-corrected chi connectivity index (χ1v) is 6.74. The molecule has 2 aromatic rings. The number of nitrogens with zero attached hydrogens (tertiary/aromatic N) is 1. The van der Waals surface area contributed by atoms with E-state index in [-0.39, 0.29) is 0 Å². The Morgan fingerprint density at radius 3 is 2.79 bits per heavy atom. The predicted molar refractivity (Wildman–Crippen MR) is 76.1 cm³/mol. The van der Waals surface area contributed by atoms with Crippen LogP contribution in [-0.4, -0.2) is 11.9 Å². The van der Waals surface area contributed by atoms with Crippen LogP contribution in [0.2, 0.25) is 0 Å². The monoisotopic (exact) mass is 269 g/mol. The van der Waals surface area contributed by atoms with E-state index in [1.54, 1.807) is 17.4 Å². The van der Waals surface area contributed by atoms with Gasteiger partial charge >= 0.3 is 5.97 Å². The molecule has 0 bridgehead atoms. The average molecular weight is 269 g/mol. The van der Waals surface area contributed by atoms with E-state index < -0.39 is 5.97 Å². The molecule has 0 radical (unpaired) electrons. The summed E-state index contributed by atoms with van der Waals surface area (Å²) < 4.78 is 5.24. The van der Waals surface area contributed by atoms with Crippen molar-refractivity contribution in [1.82, 2.24) is 0 Å². The second-order valence-electron chi connectivity index (χ2n) is 4.17. The molecule has 4 heteroatoms. The Morgan fingerprint density at radius 1 is 1.21 bits per heavy atom. The maximum absolute atomic E-state index is 11.8. The first kappa shape index (κ1) is 11.9. The Bertz CT molecular complexity index is 684. The summed E-state index contributed by atoms with van der Waals surface area (Å²) in [5.74, 6) is -0.0161. The number of aryl methyl sites for hydroxylation is 1. The number of cyclic esters (lactones) is 1. The summed E-state index contributed by atoms with van der Waals surface area (Å²) in [4.78, 5) is 17.1. The summed E-state index contributed by atoms with van der Waals surface area (Å²) in [5, 5.41) is 1.96. The molecule has 0 N–H and O–H groups in total. The zero-order valence-corrected chi connectivity index (χ0v) is 11.1. The van der Waals surface area contributed by atoms with Gasteiger partial charge in [-0.1, -0.05) is 24.3 Å². The van der Waals surface area contributed by atoms with Gasteiger partial charge in [0.2, 0.25) is 5.90 Å². The van der Waals surface area contributed by atoms with E-state index in [1.165, 1.54) is 0 Å². The normalized spacial score (nSPS) is 16.6. The largest absolute Gasteiger partial charge is 0.402 e. The lowest BCUT2D eigenvalue weighted by Gasteiger charge is -2.02. The van der Waals surface area contributed by atoms with Crippen molar-refractivity contribution in [3.8, 4) is 0 Å². The maximum Gasteiger partial charge on any atom is 0.363 e. The van der Waals surface area contributed by atoms with Crippen molar-refractivity contribution in [2.45, 2.75) is 6.92 Å². The van der Waals surface area contributed by atoms with Crippen LogP contribution in [0.25, 0.3) is 6.08 Å². The predicted octanol–water partition coefficient (Wildman–Crippen LogP) is 3.40. The molecule has 0 amide bonds. The summed E-state index contributed by atoms with van der Waals surface area (Å²) in [7, 11) is 0. The molecular weight excluding hydrogens is 258 g/mol. The Balaban J connectivity index is 1.98. The van der Waals surface area contributed by atoms with Gasteiger partial charge in [-0.2, -0.15) is 0 Å². The lowest BCUT2D eigenvalue weighted by molar-refractivity contribution is -0.129. The van der Waals surface area contributed by atoms with E-state index >= 15 is 0 Å². The quantitative estimate of drug-likeness (QED) is 0.619. The average Bonchev–Trinajstić information content (AvgIpc) is 3.02. The Morgan fingerprint density at radius 2 is 2.05 bits per heavy atom. The van der Waals surface area contributed by atoms with Crippen LogP contribution in [0.1, 0.15) is 16.0 Å². The van der Waals surface area contributed by atoms with Gasteiger partial charge in [0.05, 0.1) is 0 Å². The number of benzene rings is 1. The van der Waals surface area contributed by atoms with Crippen molar-refractivity contribution in [2.75, 3.05) is 0 Å². The van der Waals surface area contributed by atoms with Gasteiger partial charge in [0, 0.05) is 10.4 Å². The molecule has 0 atom stereocenters. The summed E-state index contributed by atoms with van der Waals surface area (Å²) in [6.07, 6.45) is 1.75. The van der Waals surface area contributed by atoms with Crippen molar-refractivity contribution in [2.24, 2.45) is 4.99 Å². The molecule has 3 rings (SSSR count). The number of hydrogen-bond acceptors (Lipinski definition) is 4. The zero-order valence-electron chi connectivity index (χ0n) is 10.3. The first-order chi connectivity index (χ1) is 9.24. The number of aliphatic imine (C=N–C) groups is 1. The van der Waals surface area contributed by atoms with Crippen LogP contribution in [0, 0.1) is 6.92 Å². The molecule has 2 heterocycles. The van der Waals surface area contributed by atoms with Gasteiger partial charge in [-0.05, 0) is 36.1 Å². The zero-order chi connectivity index (χ0) is 13.2. The molecule has 94 valence electrons. The SMILES string of the molecule is Cc1ccccc1C1=NC(=Cc2cccs2)C(=O)O1. The van der Waals surface area contributed by atoms with E-state index in [9.17, 15) is 4.79 Å². The van der Waals surface area contributed by atoms with Crippen LogP contribution >= 0.6 is 11.3 Å². The van der Waals surface area contributed by atoms with Crippen molar-refractivity contribution in [3.63, 3.8) is 0 Å². The minimum absolute atomic E-state index is 0.348. The fourth-order valence-corrected chi connectivity index (χ4v) is 2.50. The summed E-state index contributed by atoms with van der Waals surface area (Å²) in [6.45, 7) is 1.96. The lowest BCUT2D eigenvalue weighted by atomic mass is 10.1. The fourth-order valence-electron chi connectivity index (χ4n) is 1.85. The number of thiophene rings is 1. The topological polar surface area (TPSA) is 38.7 Å². The smallest absolute Gasteiger partial charge is 0.363 e. The van der Waals surface area contributed by atoms with Crippen molar-refractivity contribution >= 4 is 29.3 Å². The summed E-state index contributed by atoms with van der Waals surface area (Å²) in [6, 6.07) is 11.6. The number of esters is 1. The van der Waals surface area contributed by atoms with Gasteiger partial charge in [-0.3, -0.25) is 0 Å². The molecule has 0 saturated carbocycles. The highest BCUT2D eigenvalue weighted by atomic mass is 32.1. The second kappa shape index (κ2) is 4.82. The molecule has 1 aromatic carbocycles. The highest BCUT2D eigenvalue weighted by Crippen LogP contribution is 2.22. The minimum Gasteiger partial charge on any atom is -0.402 e. The molecule has 1 aliphatic heterocycles. The lowest BCUT2D eigenvalue weighted by Crippen LogP contribution is -2.06. The standard InChI is InChI=1S/C15H11NO2S/c1-10-5-2-3-7-12(10)14-16-13(15(17)18-14)9-11-6-4-8-19-11/h2-9H,1H3.